The van der Waals surface area contributed by atoms with Crippen LogP contribution in [0.4, 0.5) is 0 Å². The summed E-state index contributed by atoms with van der Waals surface area (Å²) in [4.78, 5) is 12.1. The van der Waals surface area contributed by atoms with Gasteiger partial charge < -0.3 is 9.47 Å². The van der Waals surface area contributed by atoms with E-state index in [4.69, 9.17) is 9.47 Å². The van der Waals surface area contributed by atoms with Crippen LogP contribution in [-0.4, -0.2) is 18.7 Å². The van der Waals surface area contributed by atoms with E-state index < -0.39 is 0 Å². The molecule has 0 aliphatic carbocycles. The highest BCUT2D eigenvalue weighted by molar-refractivity contribution is 9.10. The Morgan fingerprint density at radius 3 is 2.59 bits per heavy atom. The van der Waals surface area contributed by atoms with Gasteiger partial charge >= 0.3 is 0 Å². The molecule has 0 bridgehead atoms. The van der Waals surface area contributed by atoms with Gasteiger partial charge in [-0.05, 0) is 60.4 Å². The molecule has 0 heterocycles. The normalized spacial score (nSPS) is 10.8. The van der Waals surface area contributed by atoms with Crippen LogP contribution in [0.3, 0.4) is 0 Å². The fourth-order valence-corrected chi connectivity index (χ4v) is 3.44. The Morgan fingerprint density at radius 2 is 1.81 bits per heavy atom. The predicted octanol–water partition coefficient (Wildman–Crippen LogP) is 5.90. The zero-order valence-corrected chi connectivity index (χ0v) is 19.7. The molecule has 3 rings (SSSR count). The number of amides is 1. The van der Waals surface area contributed by atoms with E-state index in [0.29, 0.717) is 18.1 Å². The van der Waals surface area contributed by atoms with Crippen LogP contribution >= 0.6 is 15.9 Å². The highest BCUT2D eigenvalue weighted by Gasteiger charge is 2.04. The van der Waals surface area contributed by atoms with E-state index in [1.807, 2.05) is 72.8 Å². The zero-order chi connectivity index (χ0) is 22.6. The predicted molar refractivity (Wildman–Crippen MR) is 131 cm³/mol. The fourth-order valence-electron chi connectivity index (χ4n) is 2.99. The van der Waals surface area contributed by atoms with Crippen LogP contribution < -0.4 is 14.9 Å². The number of carbonyl (C=O) groups excluding carboxylic acids is 1. The first-order valence-corrected chi connectivity index (χ1v) is 11.4. The molecule has 0 saturated heterocycles. The van der Waals surface area contributed by atoms with Crippen LogP contribution in [-0.2, 0) is 17.8 Å². The Bertz CT molecular complexity index is 1040. The largest absolute Gasteiger partial charge is 0.488 e. The van der Waals surface area contributed by atoms with Gasteiger partial charge in [0.15, 0.2) is 6.61 Å². The number of nitrogens with zero attached hydrogens (tertiary/aromatic N) is 1. The minimum Gasteiger partial charge on any atom is -0.488 e. The van der Waals surface area contributed by atoms with Gasteiger partial charge in [0.25, 0.3) is 5.91 Å². The molecule has 3 aromatic rings. The number of hydrogen-bond donors (Lipinski definition) is 1. The van der Waals surface area contributed by atoms with Crippen LogP contribution in [0.25, 0.3) is 0 Å². The van der Waals surface area contributed by atoms with Crippen LogP contribution in [0, 0.1) is 0 Å². The van der Waals surface area contributed by atoms with Crippen molar-refractivity contribution in [1.82, 2.24) is 5.43 Å². The number of hydrogen-bond acceptors (Lipinski definition) is 4. The Balaban J connectivity index is 1.47. The van der Waals surface area contributed by atoms with Gasteiger partial charge in [0.2, 0.25) is 0 Å². The van der Waals surface area contributed by atoms with Crippen molar-refractivity contribution in [1.29, 1.82) is 0 Å². The van der Waals surface area contributed by atoms with E-state index in [0.717, 1.165) is 22.0 Å². The molecule has 6 heteroatoms. The fraction of sp³-hybridized carbons (Fsp3) is 0.231. The van der Waals surface area contributed by atoms with Crippen LogP contribution in [0.2, 0.25) is 0 Å². The van der Waals surface area contributed by atoms with Crippen LogP contribution in [0.5, 0.6) is 11.5 Å². The van der Waals surface area contributed by atoms with E-state index in [9.17, 15) is 4.79 Å². The maximum Gasteiger partial charge on any atom is 0.277 e. The van der Waals surface area contributed by atoms with Crippen molar-refractivity contribution in [2.24, 2.45) is 5.10 Å². The second-order valence-electron chi connectivity index (χ2n) is 7.29. The average molecular weight is 495 g/mol. The summed E-state index contributed by atoms with van der Waals surface area (Å²) in [5, 5.41) is 4.04. The lowest BCUT2D eigenvalue weighted by atomic mass is 10.1. The zero-order valence-electron chi connectivity index (χ0n) is 18.1. The molecule has 32 heavy (non-hydrogen) atoms. The third-order valence-electron chi connectivity index (χ3n) is 4.71. The minimum absolute atomic E-state index is 0.104. The summed E-state index contributed by atoms with van der Waals surface area (Å²) in [5.74, 6) is 1.02. The number of unbranched alkanes of at least 4 members (excludes halogenated alkanes) is 1. The van der Waals surface area contributed by atoms with E-state index in [1.54, 1.807) is 6.21 Å². The second kappa shape index (κ2) is 12.7. The Morgan fingerprint density at radius 1 is 1.00 bits per heavy atom. The van der Waals surface area contributed by atoms with E-state index in [1.165, 1.54) is 18.4 Å². The molecule has 0 aliphatic rings. The van der Waals surface area contributed by atoms with Crippen molar-refractivity contribution in [2.75, 3.05) is 6.61 Å². The number of nitrogens with one attached hydrogen (secondary N) is 1. The van der Waals surface area contributed by atoms with E-state index in [-0.39, 0.29) is 12.5 Å². The molecule has 1 N–H and O–H groups in total. The molecule has 0 unspecified atom stereocenters. The van der Waals surface area contributed by atoms with Gasteiger partial charge in [-0.15, -0.1) is 0 Å². The van der Waals surface area contributed by atoms with Crippen molar-refractivity contribution in [3.63, 3.8) is 0 Å². The van der Waals surface area contributed by atoms with E-state index in [2.05, 4.69) is 33.4 Å². The van der Waals surface area contributed by atoms with E-state index >= 15 is 0 Å². The number of hydrazone groups is 1. The number of rotatable bonds is 11. The summed E-state index contributed by atoms with van der Waals surface area (Å²) >= 11 is 3.46. The molecule has 0 aliphatic heterocycles. The number of carbonyl (C=O) groups is 1. The smallest absolute Gasteiger partial charge is 0.277 e. The van der Waals surface area contributed by atoms with Crippen molar-refractivity contribution >= 4 is 28.1 Å². The molecular formula is C26H27BrN2O3. The monoisotopic (exact) mass is 494 g/mol. The number of benzene rings is 3. The Hall–Kier alpha value is -3.12. The number of aryl methyl sites for hydroxylation is 1. The van der Waals surface area contributed by atoms with Gasteiger partial charge in [-0.3, -0.25) is 4.79 Å². The molecule has 3 aromatic carbocycles. The standard InChI is InChI=1S/C26H27BrN2O3/c1-2-3-7-20-12-14-24(15-13-20)31-19-26(30)29-28-17-22-9-4-5-11-25(22)32-18-21-8-6-10-23(27)16-21/h4-6,8-17H,2-3,7,18-19H2,1H3,(H,29,30). The van der Waals surface area contributed by atoms with Gasteiger partial charge in [0.05, 0.1) is 6.21 Å². The first kappa shape index (κ1) is 23.5. The highest BCUT2D eigenvalue weighted by atomic mass is 79.9. The lowest BCUT2D eigenvalue weighted by molar-refractivity contribution is -0.123. The molecule has 5 nitrogen and oxygen atoms in total. The molecular weight excluding hydrogens is 468 g/mol. The van der Waals surface area contributed by atoms with Crippen molar-refractivity contribution < 1.29 is 14.3 Å². The summed E-state index contributed by atoms with van der Waals surface area (Å²) in [7, 11) is 0. The quantitative estimate of drug-likeness (QED) is 0.266. The summed E-state index contributed by atoms with van der Waals surface area (Å²) in [6, 6.07) is 23.3. The van der Waals surface area contributed by atoms with Gasteiger partial charge in [0.1, 0.15) is 18.1 Å². The molecule has 166 valence electrons. The van der Waals surface area contributed by atoms with Gasteiger partial charge in [-0.2, -0.15) is 5.10 Å². The maximum atomic E-state index is 12.1. The molecule has 0 saturated carbocycles. The maximum absolute atomic E-state index is 12.1. The van der Waals surface area contributed by atoms with Crippen molar-refractivity contribution in [2.45, 2.75) is 32.8 Å². The Labute approximate surface area is 197 Å². The van der Waals surface area contributed by atoms with Gasteiger partial charge in [-0.1, -0.05) is 65.7 Å². The van der Waals surface area contributed by atoms with Crippen molar-refractivity contribution in [3.05, 3.63) is 94.0 Å². The Kier molecular flexibility index (Phi) is 9.32. The highest BCUT2D eigenvalue weighted by Crippen LogP contribution is 2.19. The third-order valence-corrected chi connectivity index (χ3v) is 5.20. The molecule has 0 fully saturated rings. The molecule has 1 amide bonds. The summed E-state index contributed by atoms with van der Waals surface area (Å²) in [6.45, 7) is 2.50. The minimum atomic E-state index is -0.330. The summed E-state index contributed by atoms with van der Waals surface area (Å²) in [6.07, 6.45) is 4.95. The van der Waals surface area contributed by atoms with Gasteiger partial charge in [-0.25, -0.2) is 5.43 Å². The first-order valence-electron chi connectivity index (χ1n) is 10.6. The number of ether oxygens (including phenoxy) is 2. The average Bonchev–Trinajstić information content (AvgIpc) is 2.81. The number of para-hydroxylation sites is 1. The van der Waals surface area contributed by atoms with Crippen LogP contribution in [0.1, 0.15) is 36.5 Å². The SMILES string of the molecule is CCCCc1ccc(OCC(=O)NN=Cc2ccccc2OCc2cccc(Br)c2)cc1. The topological polar surface area (TPSA) is 59.9 Å². The van der Waals surface area contributed by atoms with Crippen molar-refractivity contribution in [3.8, 4) is 11.5 Å². The number of halogens is 1. The first-order chi connectivity index (χ1) is 15.6. The molecule has 0 atom stereocenters. The lowest BCUT2D eigenvalue weighted by Gasteiger charge is -2.09. The molecule has 0 radical (unpaired) electrons. The third kappa shape index (κ3) is 7.85. The summed E-state index contributed by atoms with van der Waals surface area (Å²) in [5.41, 5.74) is 5.59. The molecule has 0 spiro atoms. The molecule has 0 aromatic heterocycles. The van der Waals surface area contributed by atoms with Gasteiger partial charge in [0, 0.05) is 10.0 Å². The summed E-state index contributed by atoms with van der Waals surface area (Å²) < 4.78 is 12.5. The lowest BCUT2D eigenvalue weighted by Crippen LogP contribution is -2.24. The van der Waals surface area contributed by atoms with Crippen LogP contribution in [0.15, 0.2) is 82.4 Å². The second-order valence-corrected chi connectivity index (χ2v) is 8.20.